The van der Waals surface area contributed by atoms with Gasteiger partial charge in [-0.1, -0.05) is 16.8 Å². The number of aliphatic hydroxyl groups is 1. The van der Waals surface area contributed by atoms with Gasteiger partial charge >= 0.3 is 0 Å². The van der Waals surface area contributed by atoms with Crippen molar-refractivity contribution in [3.8, 4) is 11.5 Å². The third kappa shape index (κ3) is 2.40. The van der Waals surface area contributed by atoms with Crippen LogP contribution in [0, 0.1) is 10.1 Å². The zero-order valence-electron chi connectivity index (χ0n) is 8.33. The molecule has 7 nitrogen and oxygen atoms in total. The van der Waals surface area contributed by atoms with Crippen molar-refractivity contribution in [3.05, 3.63) is 39.2 Å². The molecule has 1 aromatic heterocycles. The van der Waals surface area contributed by atoms with Crippen LogP contribution in [0.1, 0.15) is 5.82 Å². The summed E-state index contributed by atoms with van der Waals surface area (Å²) in [6.07, 6.45) is 0. The van der Waals surface area contributed by atoms with Crippen molar-refractivity contribution >= 4 is 17.3 Å². The smallest absolute Gasteiger partial charge is 0.271 e. The number of nitro groups is 1. The lowest BCUT2D eigenvalue weighted by Gasteiger charge is -1.96. The quantitative estimate of drug-likeness (QED) is 0.662. The highest BCUT2D eigenvalue weighted by Gasteiger charge is 2.14. The average Bonchev–Trinajstić information content (AvgIpc) is 2.76. The van der Waals surface area contributed by atoms with Crippen LogP contribution in [0.5, 0.6) is 0 Å². The van der Waals surface area contributed by atoms with Crippen molar-refractivity contribution in [1.29, 1.82) is 0 Å². The Labute approximate surface area is 99.8 Å². The van der Waals surface area contributed by atoms with Crippen LogP contribution in [-0.2, 0) is 6.61 Å². The number of nitro benzene ring substituents is 1. The van der Waals surface area contributed by atoms with Gasteiger partial charge in [-0.3, -0.25) is 10.1 Å². The van der Waals surface area contributed by atoms with Gasteiger partial charge in [0.2, 0.25) is 0 Å². The van der Waals surface area contributed by atoms with Crippen LogP contribution >= 0.6 is 11.6 Å². The minimum atomic E-state index is -0.571. The topological polar surface area (TPSA) is 102 Å². The molecule has 1 N–H and O–H groups in total. The average molecular weight is 256 g/mol. The predicted octanol–water partition coefficient (Wildman–Crippen LogP) is 1.79. The molecule has 0 unspecified atom stereocenters. The molecular formula is C9H6ClN3O4. The first-order valence-corrected chi connectivity index (χ1v) is 4.87. The number of aliphatic hydroxyl groups excluding tert-OH is 1. The van der Waals surface area contributed by atoms with Gasteiger partial charge in [0.1, 0.15) is 6.61 Å². The van der Waals surface area contributed by atoms with E-state index in [2.05, 4.69) is 10.1 Å². The molecule has 0 saturated carbocycles. The summed E-state index contributed by atoms with van der Waals surface area (Å²) in [4.78, 5) is 13.9. The molecule has 1 aromatic carbocycles. The number of hydrogen-bond donors (Lipinski definition) is 1. The number of rotatable bonds is 3. The first-order chi connectivity index (χ1) is 8.10. The Morgan fingerprint density at radius 3 is 2.82 bits per heavy atom. The SMILES string of the molecule is O=[N+]([O-])c1cc(Cl)cc(-c2nc(CO)no2)c1. The molecule has 0 saturated heterocycles. The van der Waals surface area contributed by atoms with E-state index in [-0.39, 0.29) is 29.0 Å². The van der Waals surface area contributed by atoms with E-state index in [1.807, 2.05) is 0 Å². The van der Waals surface area contributed by atoms with Crippen LogP contribution in [0.3, 0.4) is 0 Å². The molecule has 0 atom stereocenters. The molecule has 0 bridgehead atoms. The normalized spacial score (nSPS) is 10.5. The van der Waals surface area contributed by atoms with Gasteiger partial charge < -0.3 is 9.63 Å². The Kier molecular flexibility index (Phi) is 3.03. The molecule has 0 spiro atoms. The summed E-state index contributed by atoms with van der Waals surface area (Å²) >= 11 is 5.74. The second-order valence-corrected chi connectivity index (χ2v) is 3.57. The summed E-state index contributed by atoms with van der Waals surface area (Å²) < 4.78 is 4.83. The second kappa shape index (κ2) is 4.48. The van der Waals surface area contributed by atoms with Gasteiger partial charge in [0, 0.05) is 22.7 Å². The van der Waals surface area contributed by atoms with E-state index in [0.29, 0.717) is 5.56 Å². The second-order valence-electron chi connectivity index (χ2n) is 3.13. The van der Waals surface area contributed by atoms with E-state index in [4.69, 9.17) is 21.2 Å². The van der Waals surface area contributed by atoms with Crippen LogP contribution in [0.15, 0.2) is 22.7 Å². The summed E-state index contributed by atoms with van der Waals surface area (Å²) in [5.41, 5.74) is 0.160. The van der Waals surface area contributed by atoms with Crippen molar-refractivity contribution in [3.63, 3.8) is 0 Å². The van der Waals surface area contributed by atoms with E-state index in [0.717, 1.165) is 0 Å². The summed E-state index contributed by atoms with van der Waals surface area (Å²) in [6.45, 7) is -0.369. The van der Waals surface area contributed by atoms with Crippen molar-refractivity contribution in [1.82, 2.24) is 10.1 Å². The Bertz CT molecular complexity index is 569. The predicted molar refractivity (Wildman–Crippen MR) is 57.3 cm³/mol. The lowest BCUT2D eigenvalue weighted by atomic mass is 10.2. The number of aromatic nitrogens is 2. The van der Waals surface area contributed by atoms with Crippen LogP contribution in [0.25, 0.3) is 11.5 Å². The minimum absolute atomic E-state index is 0.0691. The van der Waals surface area contributed by atoms with E-state index in [1.165, 1.54) is 18.2 Å². The Morgan fingerprint density at radius 1 is 1.47 bits per heavy atom. The molecule has 1 heterocycles. The maximum absolute atomic E-state index is 10.6. The standard InChI is InChI=1S/C9H6ClN3O4/c10-6-1-5(2-7(3-6)13(15)16)9-11-8(4-14)12-17-9/h1-3,14H,4H2. The summed E-state index contributed by atoms with van der Waals surface area (Å²) in [5, 5.41) is 23.1. The zero-order valence-corrected chi connectivity index (χ0v) is 9.09. The maximum atomic E-state index is 10.6. The number of halogens is 1. The zero-order chi connectivity index (χ0) is 12.4. The highest BCUT2D eigenvalue weighted by Crippen LogP contribution is 2.27. The molecule has 2 rings (SSSR count). The molecule has 2 aromatic rings. The lowest BCUT2D eigenvalue weighted by Crippen LogP contribution is -1.89. The van der Waals surface area contributed by atoms with Crippen molar-refractivity contribution in [2.24, 2.45) is 0 Å². The number of hydrogen-bond acceptors (Lipinski definition) is 6. The Hall–Kier alpha value is -1.99. The minimum Gasteiger partial charge on any atom is -0.388 e. The summed E-state index contributed by atoms with van der Waals surface area (Å²) in [6, 6.07) is 3.94. The van der Waals surface area contributed by atoms with E-state index in [9.17, 15) is 10.1 Å². The molecule has 0 aliphatic heterocycles. The molecule has 8 heteroatoms. The van der Waals surface area contributed by atoms with Gasteiger partial charge in [0.15, 0.2) is 5.82 Å². The van der Waals surface area contributed by atoms with Gasteiger partial charge in [0.25, 0.3) is 11.6 Å². The van der Waals surface area contributed by atoms with E-state index < -0.39 is 4.92 Å². The summed E-state index contributed by atoms with van der Waals surface area (Å²) in [5.74, 6) is 0.169. The van der Waals surface area contributed by atoms with Crippen LogP contribution in [0.4, 0.5) is 5.69 Å². The molecule has 88 valence electrons. The highest BCUT2D eigenvalue weighted by molar-refractivity contribution is 6.31. The molecule has 17 heavy (non-hydrogen) atoms. The molecule has 0 amide bonds. The van der Waals surface area contributed by atoms with Gasteiger partial charge in [-0.2, -0.15) is 4.98 Å². The largest absolute Gasteiger partial charge is 0.388 e. The third-order valence-corrected chi connectivity index (χ3v) is 2.17. The number of benzene rings is 1. The van der Waals surface area contributed by atoms with Gasteiger partial charge in [-0.15, -0.1) is 0 Å². The van der Waals surface area contributed by atoms with Crippen LogP contribution in [-0.4, -0.2) is 20.2 Å². The fourth-order valence-electron chi connectivity index (χ4n) is 1.24. The van der Waals surface area contributed by atoms with Crippen molar-refractivity contribution < 1.29 is 14.6 Å². The van der Waals surface area contributed by atoms with Crippen LogP contribution < -0.4 is 0 Å². The summed E-state index contributed by atoms with van der Waals surface area (Å²) in [7, 11) is 0. The van der Waals surface area contributed by atoms with Gasteiger partial charge in [-0.05, 0) is 6.07 Å². The van der Waals surface area contributed by atoms with Gasteiger partial charge in [-0.25, -0.2) is 0 Å². The maximum Gasteiger partial charge on any atom is 0.271 e. The number of nitrogens with zero attached hydrogens (tertiary/aromatic N) is 3. The lowest BCUT2D eigenvalue weighted by molar-refractivity contribution is -0.384. The third-order valence-electron chi connectivity index (χ3n) is 1.95. The van der Waals surface area contributed by atoms with Crippen molar-refractivity contribution in [2.45, 2.75) is 6.61 Å². The van der Waals surface area contributed by atoms with E-state index >= 15 is 0 Å². The molecule has 0 fully saturated rings. The molecular weight excluding hydrogens is 250 g/mol. The Morgan fingerprint density at radius 2 is 2.24 bits per heavy atom. The Balaban J connectivity index is 2.47. The molecule has 0 aliphatic carbocycles. The monoisotopic (exact) mass is 255 g/mol. The number of non-ortho nitro benzene ring substituents is 1. The van der Waals surface area contributed by atoms with Crippen molar-refractivity contribution in [2.75, 3.05) is 0 Å². The van der Waals surface area contributed by atoms with Gasteiger partial charge in [0.05, 0.1) is 4.92 Å². The molecule has 0 radical (unpaired) electrons. The highest BCUT2D eigenvalue weighted by atomic mass is 35.5. The van der Waals surface area contributed by atoms with E-state index in [1.54, 1.807) is 0 Å². The first kappa shape index (κ1) is 11.5. The fraction of sp³-hybridized carbons (Fsp3) is 0.111. The fourth-order valence-corrected chi connectivity index (χ4v) is 1.47. The molecule has 0 aliphatic rings. The first-order valence-electron chi connectivity index (χ1n) is 4.49. The van der Waals surface area contributed by atoms with Crippen LogP contribution in [0.2, 0.25) is 5.02 Å².